The van der Waals surface area contributed by atoms with E-state index >= 15 is 0 Å². The summed E-state index contributed by atoms with van der Waals surface area (Å²) in [5.74, 6) is -0.484. The summed E-state index contributed by atoms with van der Waals surface area (Å²) in [5.41, 5.74) is 1.82. The Kier molecular flexibility index (Phi) is 4.71. The molecule has 0 aliphatic carbocycles. The van der Waals surface area contributed by atoms with Crippen LogP contribution in [0.1, 0.15) is 11.1 Å². The van der Waals surface area contributed by atoms with Crippen molar-refractivity contribution >= 4 is 22.6 Å². The van der Waals surface area contributed by atoms with Crippen LogP contribution in [0.3, 0.4) is 0 Å². The minimum atomic E-state index is -0.472. The highest BCUT2D eigenvalue weighted by Gasteiger charge is 2.20. The van der Waals surface area contributed by atoms with Gasteiger partial charge in [-0.15, -0.1) is 0 Å². The van der Waals surface area contributed by atoms with Crippen molar-refractivity contribution < 1.29 is 8.78 Å². The second kappa shape index (κ2) is 6.91. The summed E-state index contributed by atoms with van der Waals surface area (Å²) < 4.78 is 27.2. The molecule has 2 aromatic carbocycles. The molecule has 0 bridgehead atoms. The number of aliphatic imine (C=N–C) groups is 1. The van der Waals surface area contributed by atoms with Gasteiger partial charge in [-0.25, -0.2) is 13.8 Å². The smallest absolute Gasteiger partial charge is 0.180 e. The van der Waals surface area contributed by atoms with Crippen LogP contribution in [-0.4, -0.2) is 28.7 Å². The minimum Gasteiger partial charge on any atom is -0.256 e. The third kappa shape index (κ3) is 3.76. The molecule has 0 fully saturated rings. The fraction of sp³-hybridized carbons (Fsp3) is 0.176. The van der Waals surface area contributed by atoms with Gasteiger partial charge in [0.25, 0.3) is 0 Å². The average Bonchev–Trinajstić information content (AvgIpc) is 2.57. The number of hydrogen-bond acceptors (Lipinski definition) is 3. The topological polar surface area (TPSA) is 28.0 Å². The monoisotopic (exact) mass is 331 g/mol. The molecule has 1 heterocycles. The standard InChI is InChI=1S/C17H15F2N3S/c1-22-17(20-10-12-5-3-2-4-6-12)23-11-16(21-22)14-9-13(18)7-8-15(14)19/h2-9H,10-11H2,1H3. The van der Waals surface area contributed by atoms with Gasteiger partial charge in [0.2, 0.25) is 0 Å². The number of thioether (sulfide) groups is 1. The maximum Gasteiger partial charge on any atom is 0.180 e. The number of rotatable bonds is 3. The van der Waals surface area contributed by atoms with Crippen LogP contribution >= 0.6 is 11.8 Å². The van der Waals surface area contributed by atoms with Gasteiger partial charge in [0.15, 0.2) is 5.17 Å². The first-order valence-corrected chi connectivity index (χ1v) is 8.10. The van der Waals surface area contributed by atoms with Gasteiger partial charge in [0.1, 0.15) is 11.6 Å². The molecule has 0 N–H and O–H groups in total. The Morgan fingerprint density at radius 1 is 1.17 bits per heavy atom. The van der Waals surface area contributed by atoms with Crippen LogP contribution in [-0.2, 0) is 6.54 Å². The average molecular weight is 331 g/mol. The number of hydrogen-bond donors (Lipinski definition) is 0. The number of benzene rings is 2. The second-order valence-electron chi connectivity index (χ2n) is 5.07. The molecule has 3 rings (SSSR count). The summed E-state index contributed by atoms with van der Waals surface area (Å²) in [7, 11) is 1.76. The van der Waals surface area contributed by atoms with Gasteiger partial charge in [-0.1, -0.05) is 42.1 Å². The first-order valence-electron chi connectivity index (χ1n) is 7.11. The molecule has 0 radical (unpaired) electrons. The van der Waals surface area contributed by atoms with Gasteiger partial charge in [0, 0.05) is 18.4 Å². The lowest BCUT2D eigenvalue weighted by Gasteiger charge is -2.23. The molecule has 118 valence electrons. The van der Waals surface area contributed by atoms with Crippen LogP contribution in [0.4, 0.5) is 8.78 Å². The van der Waals surface area contributed by atoms with E-state index in [4.69, 9.17) is 0 Å². The van der Waals surface area contributed by atoms with E-state index in [1.807, 2.05) is 30.3 Å². The third-order valence-electron chi connectivity index (χ3n) is 3.36. The van der Waals surface area contributed by atoms with Crippen molar-refractivity contribution in [3.8, 4) is 0 Å². The lowest BCUT2D eigenvalue weighted by atomic mass is 10.1. The first-order chi connectivity index (χ1) is 11.1. The molecule has 23 heavy (non-hydrogen) atoms. The summed E-state index contributed by atoms with van der Waals surface area (Å²) in [6.45, 7) is 0.562. The molecule has 0 spiro atoms. The maximum absolute atomic E-state index is 13.8. The summed E-state index contributed by atoms with van der Waals surface area (Å²) in [6, 6.07) is 13.3. The van der Waals surface area contributed by atoms with Crippen molar-refractivity contribution in [2.24, 2.45) is 10.1 Å². The van der Waals surface area contributed by atoms with Gasteiger partial charge >= 0.3 is 0 Å². The van der Waals surface area contributed by atoms with Crippen molar-refractivity contribution in [1.29, 1.82) is 0 Å². The molecular weight excluding hydrogens is 316 g/mol. The van der Waals surface area contributed by atoms with E-state index in [1.54, 1.807) is 12.1 Å². The molecule has 0 aromatic heterocycles. The summed E-state index contributed by atoms with van der Waals surface area (Å²) in [4.78, 5) is 4.53. The highest BCUT2D eigenvalue weighted by atomic mass is 32.2. The van der Waals surface area contributed by atoms with E-state index < -0.39 is 11.6 Å². The fourth-order valence-electron chi connectivity index (χ4n) is 2.22. The van der Waals surface area contributed by atoms with Crippen LogP contribution in [0, 0.1) is 11.6 Å². The number of halogens is 2. The van der Waals surface area contributed by atoms with Crippen molar-refractivity contribution in [2.45, 2.75) is 6.54 Å². The Morgan fingerprint density at radius 3 is 2.70 bits per heavy atom. The van der Waals surface area contributed by atoms with Crippen LogP contribution in [0.25, 0.3) is 0 Å². The molecule has 0 saturated carbocycles. The quantitative estimate of drug-likeness (QED) is 0.853. The second-order valence-corrected chi connectivity index (χ2v) is 6.01. The number of nitrogens with zero attached hydrogens (tertiary/aromatic N) is 3. The normalized spacial score (nSPS) is 16.6. The Labute approximate surface area is 137 Å². The molecule has 3 nitrogen and oxygen atoms in total. The van der Waals surface area contributed by atoms with Crippen LogP contribution in [0.5, 0.6) is 0 Å². The zero-order valence-corrected chi connectivity index (χ0v) is 13.4. The molecule has 1 aliphatic heterocycles. The molecule has 0 unspecified atom stereocenters. The highest BCUT2D eigenvalue weighted by molar-refractivity contribution is 8.14. The van der Waals surface area contributed by atoms with Crippen molar-refractivity contribution in [1.82, 2.24) is 5.01 Å². The van der Waals surface area contributed by atoms with Crippen LogP contribution in [0.2, 0.25) is 0 Å². The molecular formula is C17H15F2N3S. The Bertz CT molecular complexity index is 760. The van der Waals surface area contributed by atoms with Gasteiger partial charge in [-0.2, -0.15) is 5.10 Å². The largest absolute Gasteiger partial charge is 0.256 e. The fourth-order valence-corrected chi connectivity index (χ4v) is 3.08. The molecule has 6 heteroatoms. The summed E-state index contributed by atoms with van der Waals surface area (Å²) in [6.07, 6.45) is 0. The van der Waals surface area contributed by atoms with E-state index in [2.05, 4.69) is 10.1 Å². The summed E-state index contributed by atoms with van der Waals surface area (Å²) >= 11 is 1.46. The zero-order valence-electron chi connectivity index (χ0n) is 12.5. The predicted molar refractivity (Wildman–Crippen MR) is 90.7 cm³/mol. The van der Waals surface area contributed by atoms with Gasteiger partial charge in [0.05, 0.1) is 12.3 Å². The zero-order chi connectivity index (χ0) is 16.2. The molecule has 0 atom stereocenters. The van der Waals surface area contributed by atoms with Gasteiger partial charge in [-0.3, -0.25) is 4.99 Å². The third-order valence-corrected chi connectivity index (χ3v) is 4.43. The van der Waals surface area contributed by atoms with E-state index in [-0.39, 0.29) is 5.56 Å². The Balaban J connectivity index is 1.78. The SMILES string of the molecule is CN1N=C(c2cc(F)ccc2F)CSC1=NCc1ccccc1. The van der Waals surface area contributed by atoms with E-state index in [9.17, 15) is 8.78 Å². The van der Waals surface area contributed by atoms with Crippen molar-refractivity contribution in [3.63, 3.8) is 0 Å². The van der Waals surface area contributed by atoms with Gasteiger partial charge in [-0.05, 0) is 23.8 Å². The predicted octanol–water partition coefficient (Wildman–Crippen LogP) is 3.90. The molecule has 1 aliphatic rings. The first kappa shape index (κ1) is 15.7. The summed E-state index contributed by atoms with van der Waals surface area (Å²) in [5, 5.41) is 6.71. The lowest BCUT2D eigenvalue weighted by Crippen LogP contribution is -2.28. The molecule has 0 amide bonds. The Morgan fingerprint density at radius 2 is 1.96 bits per heavy atom. The van der Waals surface area contributed by atoms with E-state index in [0.717, 1.165) is 22.9 Å². The van der Waals surface area contributed by atoms with Crippen molar-refractivity contribution in [2.75, 3.05) is 12.8 Å². The maximum atomic E-state index is 13.8. The molecule has 2 aromatic rings. The van der Waals surface area contributed by atoms with Gasteiger partial charge < -0.3 is 0 Å². The number of hydrazone groups is 1. The minimum absolute atomic E-state index is 0.200. The highest BCUT2D eigenvalue weighted by Crippen LogP contribution is 2.21. The molecule has 0 saturated heterocycles. The Hall–Kier alpha value is -2.21. The van der Waals surface area contributed by atoms with Crippen molar-refractivity contribution in [3.05, 3.63) is 71.3 Å². The lowest BCUT2D eigenvalue weighted by molar-refractivity contribution is 0.547. The van der Waals surface area contributed by atoms with E-state index in [0.29, 0.717) is 18.0 Å². The number of amidine groups is 1. The van der Waals surface area contributed by atoms with Crippen LogP contribution in [0.15, 0.2) is 58.6 Å². The van der Waals surface area contributed by atoms with Crippen LogP contribution < -0.4 is 0 Å². The van der Waals surface area contributed by atoms with E-state index in [1.165, 1.54) is 17.8 Å².